The second-order valence-corrected chi connectivity index (χ2v) is 6.51. The summed E-state index contributed by atoms with van der Waals surface area (Å²) in [7, 11) is 0. The van der Waals surface area contributed by atoms with Crippen LogP contribution in [0, 0.1) is 11.8 Å². The molecule has 0 N–H and O–H groups in total. The molecule has 1 nitrogen and oxygen atoms in total. The van der Waals surface area contributed by atoms with Crippen molar-refractivity contribution in [3.05, 3.63) is 34.9 Å². The maximum atomic E-state index is 12.3. The van der Waals surface area contributed by atoms with Crippen LogP contribution in [0.3, 0.4) is 0 Å². The van der Waals surface area contributed by atoms with Gasteiger partial charge >= 0.3 is 0 Å². The standard InChI is InChI=1S/C16H21ClO/c1-11-8-9-13(15(18)10-11)16(2,3)12-6-4-5-7-14(12)17/h4-7,11,13H,8-10H2,1-3H3. The first kappa shape index (κ1) is 13.6. The minimum atomic E-state index is -0.171. The Bertz CT molecular complexity index is 450. The first-order chi connectivity index (χ1) is 8.43. The Morgan fingerprint density at radius 3 is 2.50 bits per heavy atom. The lowest BCUT2D eigenvalue weighted by Gasteiger charge is -2.38. The van der Waals surface area contributed by atoms with Gasteiger partial charge in [-0.05, 0) is 30.4 Å². The van der Waals surface area contributed by atoms with Crippen LogP contribution in [-0.2, 0) is 10.2 Å². The highest BCUT2D eigenvalue weighted by Crippen LogP contribution is 2.42. The van der Waals surface area contributed by atoms with Crippen LogP contribution in [0.15, 0.2) is 24.3 Å². The average Bonchev–Trinajstić information content (AvgIpc) is 2.28. The van der Waals surface area contributed by atoms with Crippen molar-refractivity contribution in [2.24, 2.45) is 11.8 Å². The third-order valence-electron chi connectivity index (χ3n) is 4.33. The lowest BCUT2D eigenvalue weighted by Crippen LogP contribution is -2.38. The molecule has 0 aromatic heterocycles. The summed E-state index contributed by atoms with van der Waals surface area (Å²) in [5, 5.41) is 0.772. The van der Waals surface area contributed by atoms with Crippen molar-refractivity contribution in [1.82, 2.24) is 0 Å². The van der Waals surface area contributed by atoms with E-state index in [0.29, 0.717) is 11.7 Å². The second kappa shape index (κ2) is 5.05. The summed E-state index contributed by atoms with van der Waals surface area (Å²) in [5.74, 6) is 1.04. The number of carbonyl (C=O) groups excluding carboxylic acids is 1. The fraction of sp³-hybridized carbons (Fsp3) is 0.562. The van der Waals surface area contributed by atoms with Crippen LogP contribution in [0.1, 0.15) is 45.6 Å². The topological polar surface area (TPSA) is 17.1 Å². The van der Waals surface area contributed by atoms with Crippen molar-refractivity contribution in [1.29, 1.82) is 0 Å². The molecule has 0 aliphatic heterocycles. The van der Waals surface area contributed by atoms with Crippen LogP contribution in [0.5, 0.6) is 0 Å². The Hall–Kier alpha value is -0.820. The third-order valence-corrected chi connectivity index (χ3v) is 4.66. The normalized spacial score (nSPS) is 25.2. The van der Waals surface area contributed by atoms with Gasteiger partial charge in [-0.1, -0.05) is 50.6 Å². The molecule has 1 aromatic carbocycles. The van der Waals surface area contributed by atoms with Crippen molar-refractivity contribution in [2.75, 3.05) is 0 Å². The van der Waals surface area contributed by atoms with Crippen molar-refractivity contribution in [2.45, 2.75) is 45.4 Å². The number of hydrogen-bond donors (Lipinski definition) is 0. The molecule has 1 aliphatic carbocycles. The third kappa shape index (κ3) is 2.47. The van der Waals surface area contributed by atoms with Gasteiger partial charge in [0.25, 0.3) is 0 Å². The quantitative estimate of drug-likeness (QED) is 0.762. The fourth-order valence-corrected chi connectivity index (χ4v) is 3.51. The van der Waals surface area contributed by atoms with E-state index in [1.54, 1.807) is 0 Å². The number of rotatable bonds is 2. The molecule has 1 fully saturated rings. The minimum absolute atomic E-state index is 0.105. The number of hydrogen-bond acceptors (Lipinski definition) is 1. The Balaban J connectivity index is 2.31. The number of ketones is 1. The van der Waals surface area contributed by atoms with E-state index in [1.807, 2.05) is 24.3 Å². The van der Waals surface area contributed by atoms with Gasteiger partial charge in [0.15, 0.2) is 0 Å². The van der Waals surface area contributed by atoms with E-state index in [2.05, 4.69) is 20.8 Å². The van der Waals surface area contributed by atoms with Gasteiger partial charge in [-0.25, -0.2) is 0 Å². The second-order valence-electron chi connectivity index (χ2n) is 6.11. The maximum Gasteiger partial charge on any atom is 0.137 e. The Morgan fingerprint density at radius 1 is 1.22 bits per heavy atom. The van der Waals surface area contributed by atoms with Crippen LogP contribution in [0.4, 0.5) is 0 Å². The molecule has 98 valence electrons. The summed E-state index contributed by atoms with van der Waals surface area (Å²) >= 11 is 6.29. The molecule has 0 amide bonds. The molecule has 0 radical (unpaired) electrons. The van der Waals surface area contributed by atoms with Gasteiger partial charge in [-0.15, -0.1) is 0 Å². The van der Waals surface area contributed by atoms with E-state index >= 15 is 0 Å². The zero-order valence-corrected chi connectivity index (χ0v) is 12.1. The van der Waals surface area contributed by atoms with Crippen molar-refractivity contribution < 1.29 is 4.79 Å². The molecule has 1 aromatic rings. The predicted molar refractivity (Wildman–Crippen MR) is 76.0 cm³/mol. The molecule has 0 heterocycles. The molecular weight excluding hydrogens is 244 g/mol. The van der Waals surface area contributed by atoms with Crippen LogP contribution in [-0.4, -0.2) is 5.78 Å². The zero-order chi connectivity index (χ0) is 13.3. The van der Waals surface area contributed by atoms with Crippen molar-refractivity contribution in [3.8, 4) is 0 Å². The Labute approximate surface area is 115 Å². The highest BCUT2D eigenvalue weighted by atomic mass is 35.5. The van der Waals surface area contributed by atoms with E-state index in [-0.39, 0.29) is 11.3 Å². The average molecular weight is 265 g/mol. The maximum absolute atomic E-state index is 12.3. The summed E-state index contributed by atoms with van der Waals surface area (Å²) in [4.78, 5) is 12.3. The van der Waals surface area contributed by atoms with Crippen molar-refractivity contribution in [3.63, 3.8) is 0 Å². The molecule has 1 saturated carbocycles. The van der Waals surface area contributed by atoms with Gasteiger partial charge in [0.1, 0.15) is 5.78 Å². The lowest BCUT2D eigenvalue weighted by atomic mass is 9.65. The fourth-order valence-electron chi connectivity index (χ4n) is 3.13. The van der Waals surface area contributed by atoms with Crippen LogP contribution in [0.25, 0.3) is 0 Å². The van der Waals surface area contributed by atoms with Gasteiger partial charge in [-0.3, -0.25) is 4.79 Å². The highest BCUT2D eigenvalue weighted by Gasteiger charge is 2.39. The largest absolute Gasteiger partial charge is 0.299 e. The first-order valence-corrected chi connectivity index (χ1v) is 7.08. The monoisotopic (exact) mass is 264 g/mol. The molecule has 2 atom stereocenters. The molecule has 2 heteroatoms. The highest BCUT2D eigenvalue weighted by molar-refractivity contribution is 6.31. The lowest BCUT2D eigenvalue weighted by molar-refractivity contribution is -0.128. The van der Waals surface area contributed by atoms with E-state index in [9.17, 15) is 4.79 Å². The first-order valence-electron chi connectivity index (χ1n) is 6.70. The van der Waals surface area contributed by atoms with E-state index < -0.39 is 0 Å². The molecule has 0 saturated heterocycles. The predicted octanol–water partition coefficient (Wildman–Crippen LogP) is 4.62. The van der Waals surface area contributed by atoms with E-state index in [4.69, 9.17) is 11.6 Å². The number of benzene rings is 1. The molecule has 0 spiro atoms. The Kier molecular flexibility index (Phi) is 3.82. The Morgan fingerprint density at radius 2 is 1.89 bits per heavy atom. The number of carbonyl (C=O) groups is 1. The molecule has 2 unspecified atom stereocenters. The molecule has 18 heavy (non-hydrogen) atoms. The van der Waals surface area contributed by atoms with Gasteiger partial charge < -0.3 is 0 Å². The van der Waals surface area contributed by atoms with Crippen LogP contribution >= 0.6 is 11.6 Å². The van der Waals surface area contributed by atoms with Gasteiger partial charge in [0.2, 0.25) is 0 Å². The smallest absolute Gasteiger partial charge is 0.137 e. The number of halogens is 1. The molecule has 1 aliphatic rings. The van der Waals surface area contributed by atoms with E-state index in [1.165, 1.54) is 0 Å². The minimum Gasteiger partial charge on any atom is -0.299 e. The summed E-state index contributed by atoms with van der Waals surface area (Å²) in [6.07, 6.45) is 2.85. The van der Waals surface area contributed by atoms with Gasteiger partial charge in [0.05, 0.1) is 0 Å². The van der Waals surface area contributed by atoms with Gasteiger partial charge in [-0.2, -0.15) is 0 Å². The van der Waals surface area contributed by atoms with Gasteiger partial charge in [0, 0.05) is 22.8 Å². The summed E-state index contributed by atoms with van der Waals surface area (Å²) in [6.45, 7) is 6.45. The molecular formula is C16H21ClO. The summed E-state index contributed by atoms with van der Waals surface area (Å²) in [5.41, 5.74) is 0.926. The van der Waals surface area contributed by atoms with Crippen LogP contribution in [0.2, 0.25) is 5.02 Å². The number of Topliss-reactive ketones (excluding diaryl/α,β-unsaturated/α-hetero) is 1. The van der Waals surface area contributed by atoms with Crippen LogP contribution < -0.4 is 0 Å². The van der Waals surface area contributed by atoms with E-state index in [0.717, 1.165) is 29.8 Å². The summed E-state index contributed by atoms with van der Waals surface area (Å²) < 4.78 is 0. The zero-order valence-electron chi connectivity index (χ0n) is 11.4. The summed E-state index contributed by atoms with van der Waals surface area (Å²) in [6, 6.07) is 7.90. The molecule has 2 rings (SSSR count). The van der Waals surface area contributed by atoms with Crippen molar-refractivity contribution >= 4 is 17.4 Å². The molecule has 0 bridgehead atoms. The SMILES string of the molecule is CC1CCC(C(C)(C)c2ccccc2Cl)C(=O)C1.